The van der Waals surface area contributed by atoms with Crippen molar-refractivity contribution in [2.24, 2.45) is 0 Å². The van der Waals surface area contributed by atoms with Crippen molar-refractivity contribution in [3.05, 3.63) is 247 Å². The third-order valence-corrected chi connectivity index (χ3v) is 17.6. The number of unbranched alkanes of at least 4 members (excludes halogenated alkanes) is 3. The summed E-state index contributed by atoms with van der Waals surface area (Å²) in [5.74, 6) is 0.936. The van der Waals surface area contributed by atoms with E-state index in [2.05, 4.69) is 259 Å². The van der Waals surface area contributed by atoms with E-state index in [1.165, 1.54) is 162 Å². The molecule has 14 rings (SSSR count). The van der Waals surface area contributed by atoms with E-state index in [0.717, 1.165) is 18.8 Å². The molecule has 0 unspecified atom stereocenters. The lowest BCUT2D eigenvalue weighted by Crippen LogP contribution is -2.15. The maximum atomic E-state index is 6.08. The summed E-state index contributed by atoms with van der Waals surface area (Å²) in [6.45, 7) is 12.6. The Balaban J connectivity index is 0.860. The Morgan fingerprint density at radius 3 is 1.09 bits per heavy atom. The van der Waals surface area contributed by atoms with Gasteiger partial charge >= 0.3 is 0 Å². The van der Waals surface area contributed by atoms with Crippen molar-refractivity contribution in [3.8, 4) is 83.6 Å². The van der Waals surface area contributed by atoms with Crippen molar-refractivity contribution in [3.63, 3.8) is 0 Å². The average molecular weight is 991 g/mol. The minimum atomic E-state index is -0.206. The second-order valence-corrected chi connectivity index (χ2v) is 22.8. The summed E-state index contributed by atoms with van der Waals surface area (Å²) in [5.41, 5.74) is 23.2. The maximum absolute atomic E-state index is 6.08. The van der Waals surface area contributed by atoms with E-state index in [9.17, 15) is 0 Å². The lowest BCUT2D eigenvalue weighted by Gasteiger charge is -2.24. The van der Waals surface area contributed by atoms with Crippen LogP contribution in [0.25, 0.3) is 121 Å². The summed E-state index contributed by atoms with van der Waals surface area (Å²) in [5, 5.41) is 10.1. The normalized spacial score (nSPS) is 13.7. The molecule has 0 heterocycles. The highest BCUT2D eigenvalue weighted by atomic mass is 16.5. The molecule has 1 nitrogen and oxygen atoms in total. The summed E-state index contributed by atoms with van der Waals surface area (Å²) in [4.78, 5) is 0. The quantitative estimate of drug-likeness (QED) is 0.0927. The van der Waals surface area contributed by atoms with E-state index in [-0.39, 0.29) is 10.8 Å². The molecule has 0 radical (unpaired) electrons. The van der Waals surface area contributed by atoms with Crippen LogP contribution in [0.3, 0.4) is 0 Å². The van der Waals surface area contributed by atoms with Crippen LogP contribution in [-0.4, -0.2) is 6.61 Å². The first kappa shape index (κ1) is 47.0. The number of ether oxygens (including phenoxy) is 1. The van der Waals surface area contributed by atoms with E-state index in [0.29, 0.717) is 0 Å². The van der Waals surface area contributed by atoms with Crippen LogP contribution in [0.5, 0.6) is 5.75 Å². The molecule has 0 atom stereocenters. The SMILES string of the molecule is CCCCCCOc1ccc(-c2ccc(-c3c4ccccc4c(-c4c5ccccc5c(-c5ccc6c(c5)C(C)(C)c5cc(-c7ccc8c(c7)C(C)(C)c7ccccc7-8)ccc5-6)c5ccccc45)c4ccccc34)cc2)cc1. The van der Waals surface area contributed by atoms with Gasteiger partial charge in [0.05, 0.1) is 6.61 Å². The summed E-state index contributed by atoms with van der Waals surface area (Å²) in [6.07, 6.45) is 4.81. The van der Waals surface area contributed by atoms with Gasteiger partial charge in [-0.25, -0.2) is 0 Å². The van der Waals surface area contributed by atoms with E-state index in [1.807, 2.05) is 0 Å². The van der Waals surface area contributed by atoms with Gasteiger partial charge in [0.25, 0.3) is 0 Å². The minimum absolute atomic E-state index is 0.0461. The summed E-state index contributed by atoms with van der Waals surface area (Å²) >= 11 is 0. The van der Waals surface area contributed by atoms with Gasteiger partial charge in [-0.2, -0.15) is 0 Å². The van der Waals surface area contributed by atoms with Crippen LogP contribution in [0.15, 0.2) is 224 Å². The molecule has 0 N–H and O–H groups in total. The average Bonchev–Trinajstić information content (AvgIpc) is 3.95. The molecule has 2 aliphatic rings. The Morgan fingerprint density at radius 2 is 0.623 bits per heavy atom. The highest BCUT2D eigenvalue weighted by Crippen LogP contribution is 2.55. The molecule has 0 fully saturated rings. The van der Waals surface area contributed by atoms with Crippen LogP contribution in [0.1, 0.15) is 82.6 Å². The second-order valence-electron chi connectivity index (χ2n) is 22.8. The Labute approximate surface area is 453 Å². The fraction of sp³-hybridized carbons (Fsp3) is 0.158. The summed E-state index contributed by atoms with van der Waals surface area (Å²) in [7, 11) is 0. The van der Waals surface area contributed by atoms with Crippen LogP contribution in [0, 0.1) is 0 Å². The predicted octanol–water partition coefficient (Wildman–Crippen LogP) is 21.2. The second kappa shape index (κ2) is 18.4. The van der Waals surface area contributed by atoms with Crippen LogP contribution in [0.2, 0.25) is 0 Å². The molecule has 1 heteroatoms. The van der Waals surface area contributed by atoms with Crippen LogP contribution < -0.4 is 4.74 Å². The Hall–Kier alpha value is -8.52. The van der Waals surface area contributed by atoms with Crippen molar-refractivity contribution in [1.29, 1.82) is 0 Å². The molecule has 2 aliphatic carbocycles. The molecule has 0 saturated carbocycles. The van der Waals surface area contributed by atoms with Gasteiger partial charge in [0.2, 0.25) is 0 Å². The molecule has 77 heavy (non-hydrogen) atoms. The first-order chi connectivity index (χ1) is 37.7. The Morgan fingerprint density at radius 1 is 0.286 bits per heavy atom. The fourth-order valence-electron chi connectivity index (χ4n) is 13.7. The molecule has 12 aromatic rings. The van der Waals surface area contributed by atoms with Gasteiger partial charge in [0, 0.05) is 10.8 Å². The molecular formula is C76H62O. The number of fused-ring (bicyclic) bond motifs is 10. The number of hydrogen-bond acceptors (Lipinski definition) is 1. The number of benzene rings is 12. The fourth-order valence-corrected chi connectivity index (χ4v) is 13.7. The van der Waals surface area contributed by atoms with Gasteiger partial charge in [0.15, 0.2) is 0 Å². The van der Waals surface area contributed by atoms with Gasteiger partial charge in [-0.05, 0) is 180 Å². The van der Waals surface area contributed by atoms with Gasteiger partial charge in [-0.15, -0.1) is 0 Å². The number of hydrogen-bond donors (Lipinski definition) is 0. The van der Waals surface area contributed by atoms with Gasteiger partial charge in [-0.1, -0.05) is 248 Å². The molecule has 0 aliphatic heterocycles. The molecule has 12 aromatic carbocycles. The Kier molecular flexibility index (Phi) is 11.2. The zero-order valence-corrected chi connectivity index (χ0v) is 44.8. The molecule has 0 amide bonds. The van der Waals surface area contributed by atoms with Crippen molar-refractivity contribution in [2.75, 3.05) is 6.61 Å². The Bertz CT molecular complexity index is 4210. The van der Waals surface area contributed by atoms with Gasteiger partial charge in [-0.3, -0.25) is 0 Å². The highest BCUT2D eigenvalue weighted by molar-refractivity contribution is 6.30. The first-order valence-corrected chi connectivity index (χ1v) is 27.9. The van der Waals surface area contributed by atoms with E-state index in [1.54, 1.807) is 0 Å². The minimum Gasteiger partial charge on any atom is -0.494 e. The highest BCUT2D eigenvalue weighted by Gasteiger charge is 2.38. The third-order valence-electron chi connectivity index (χ3n) is 17.6. The summed E-state index contributed by atoms with van der Waals surface area (Å²) < 4.78 is 6.08. The van der Waals surface area contributed by atoms with Crippen molar-refractivity contribution in [2.45, 2.75) is 71.1 Å². The van der Waals surface area contributed by atoms with Gasteiger partial charge in [0.1, 0.15) is 5.75 Å². The zero-order valence-electron chi connectivity index (χ0n) is 44.8. The van der Waals surface area contributed by atoms with E-state index < -0.39 is 0 Å². The largest absolute Gasteiger partial charge is 0.494 e. The maximum Gasteiger partial charge on any atom is 0.119 e. The van der Waals surface area contributed by atoms with E-state index in [4.69, 9.17) is 4.74 Å². The molecule has 0 spiro atoms. The standard InChI is InChI=1S/C76H62O/c1-6-7-8-19-44-77-54-39-34-49(35-40-54)48-30-32-50(33-31-48)71-59-21-9-13-25-63(59)73(64-26-14-10-22-60(64)71)74-65-27-15-11-23-61(65)72(62-24-12-16-28-66(62)74)53-38-43-58-57-42-37-52(46-69(57)76(4,5)70(58)47-53)51-36-41-56-55-20-17-18-29-67(55)75(2,3)68(56)45-51/h9-18,20-43,45-47H,6-8,19,44H2,1-5H3. The van der Waals surface area contributed by atoms with Crippen molar-refractivity contribution >= 4 is 43.1 Å². The molecular weight excluding hydrogens is 929 g/mol. The van der Waals surface area contributed by atoms with E-state index >= 15 is 0 Å². The molecule has 0 saturated heterocycles. The van der Waals surface area contributed by atoms with Crippen LogP contribution in [0.4, 0.5) is 0 Å². The topological polar surface area (TPSA) is 9.23 Å². The predicted molar refractivity (Wildman–Crippen MR) is 328 cm³/mol. The van der Waals surface area contributed by atoms with Crippen molar-refractivity contribution < 1.29 is 4.74 Å². The molecule has 372 valence electrons. The summed E-state index contributed by atoms with van der Waals surface area (Å²) in [6, 6.07) is 84.8. The van der Waals surface area contributed by atoms with Crippen LogP contribution in [-0.2, 0) is 10.8 Å². The first-order valence-electron chi connectivity index (χ1n) is 27.9. The smallest absolute Gasteiger partial charge is 0.119 e. The lowest BCUT2D eigenvalue weighted by molar-refractivity contribution is 0.305. The van der Waals surface area contributed by atoms with Gasteiger partial charge < -0.3 is 4.74 Å². The lowest BCUT2D eigenvalue weighted by atomic mass is 9.79. The number of rotatable bonds is 11. The third kappa shape index (κ3) is 7.49. The van der Waals surface area contributed by atoms with Crippen molar-refractivity contribution in [1.82, 2.24) is 0 Å². The molecule has 0 aromatic heterocycles. The van der Waals surface area contributed by atoms with Crippen LogP contribution >= 0.6 is 0 Å². The monoisotopic (exact) mass is 990 g/mol. The zero-order chi connectivity index (χ0) is 52.0. The molecule has 0 bridgehead atoms.